The van der Waals surface area contributed by atoms with Gasteiger partial charge in [-0.25, -0.2) is 17.6 Å². The monoisotopic (exact) mass is 260 g/mol. The van der Waals surface area contributed by atoms with E-state index in [4.69, 9.17) is 0 Å². The first-order chi connectivity index (χ1) is 7.28. The van der Waals surface area contributed by atoms with E-state index in [2.05, 4.69) is 0 Å². The van der Waals surface area contributed by atoms with Crippen molar-refractivity contribution in [1.29, 1.82) is 0 Å². The highest BCUT2D eigenvalue weighted by molar-refractivity contribution is 8.13. The third kappa shape index (κ3) is 7.09. The highest BCUT2D eigenvalue weighted by Crippen LogP contribution is 2.29. The minimum absolute atomic E-state index is 0.0624. The average molecular weight is 260 g/mol. The Morgan fingerprint density at radius 1 is 1.38 bits per heavy atom. The molecule has 0 heterocycles. The van der Waals surface area contributed by atoms with Crippen LogP contribution in [-0.4, -0.2) is 29.1 Å². The van der Waals surface area contributed by atoms with Crippen molar-refractivity contribution in [3.05, 3.63) is 0 Å². The van der Waals surface area contributed by atoms with Gasteiger partial charge in [0.15, 0.2) is 5.12 Å². The van der Waals surface area contributed by atoms with Gasteiger partial charge in [0, 0.05) is 25.0 Å². The van der Waals surface area contributed by atoms with Crippen LogP contribution in [-0.2, 0) is 4.79 Å². The summed E-state index contributed by atoms with van der Waals surface area (Å²) in [5.41, 5.74) is 0. The van der Waals surface area contributed by atoms with Crippen LogP contribution in [0, 0.1) is 0 Å². The van der Waals surface area contributed by atoms with Gasteiger partial charge in [-0.15, -0.1) is 0 Å². The van der Waals surface area contributed by atoms with Crippen LogP contribution in [0.5, 0.6) is 0 Å². The number of rotatable bonds is 7. The quantitative estimate of drug-likeness (QED) is 0.648. The number of hydrogen-bond donors (Lipinski definition) is 0. The third-order valence-electron chi connectivity index (χ3n) is 2.01. The molecule has 0 amide bonds. The lowest BCUT2D eigenvalue weighted by atomic mass is 10.1. The second-order valence-electron chi connectivity index (χ2n) is 3.58. The number of carbonyl (C=O) groups excluding carboxylic acids is 1. The van der Waals surface area contributed by atoms with E-state index in [0.717, 1.165) is 18.7 Å². The summed E-state index contributed by atoms with van der Waals surface area (Å²) in [4.78, 5) is 10.8. The van der Waals surface area contributed by atoms with E-state index in [1.54, 1.807) is 6.92 Å². The van der Waals surface area contributed by atoms with E-state index in [1.165, 1.54) is 0 Å². The lowest BCUT2D eigenvalue weighted by molar-refractivity contribution is -0.110. The van der Waals surface area contributed by atoms with E-state index >= 15 is 0 Å². The smallest absolute Gasteiger partial charge is 0.251 e. The lowest BCUT2D eigenvalue weighted by Crippen LogP contribution is -2.27. The van der Waals surface area contributed by atoms with Crippen LogP contribution < -0.4 is 0 Å². The van der Waals surface area contributed by atoms with Gasteiger partial charge < -0.3 is 0 Å². The van der Waals surface area contributed by atoms with Gasteiger partial charge in [0.25, 0.3) is 5.92 Å². The molecule has 0 aromatic rings. The van der Waals surface area contributed by atoms with Crippen molar-refractivity contribution >= 4 is 16.9 Å². The Balaban J connectivity index is 3.91. The van der Waals surface area contributed by atoms with Crippen molar-refractivity contribution < 1.29 is 22.4 Å². The van der Waals surface area contributed by atoms with Crippen molar-refractivity contribution in [2.75, 3.05) is 5.75 Å². The molecular weight excluding hydrogens is 244 g/mol. The molecule has 0 aliphatic heterocycles. The number of halogens is 4. The van der Waals surface area contributed by atoms with Crippen LogP contribution in [0.15, 0.2) is 0 Å². The summed E-state index contributed by atoms with van der Waals surface area (Å²) >= 11 is 0.804. The van der Waals surface area contributed by atoms with Crippen LogP contribution in [0.1, 0.15) is 33.1 Å². The Kier molecular flexibility index (Phi) is 7.03. The van der Waals surface area contributed by atoms with Gasteiger partial charge in [0.1, 0.15) is 12.3 Å². The summed E-state index contributed by atoms with van der Waals surface area (Å²) in [6, 6.07) is 0. The van der Waals surface area contributed by atoms with Crippen molar-refractivity contribution in [2.45, 2.75) is 51.4 Å². The van der Waals surface area contributed by atoms with Gasteiger partial charge in [-0.3, -0.25) is 4.79 Å². The SMILES string of the molecule is CCC(=O)SCCC(F)(F)CC(F)C(C)F. The summed E-state index contributed by atoms with van der Waals surface area (Å²) in [5, 5.41) is -0.175. The Labute approximate surface area is 97.0 Å². The van der Waals surface area contributed by atoms with Gasteiger partial charge in [0.05, 0.1) is 0 Å². The zero-order valence-corrected chi connectivity index (χ0v) is 10.1. The molecule has 1 nitrogen and oxygen atoms in total. The van der Waals surface area contributed by atoms with E-state index in [0.29, 0.717) is 0 Å². The molecule has 0 aromatic heterocycles. The van der Waals surface area contributed by atoms with E-state index in [-0.39, 0.29) is 17.3 Å². The number of hydrogen-bond acceptors (Lipinski definition) is 2. The van der Waals surface area contributed by atoms with Crippen LogP contribution in [0.25, 0.3) is 0 Å². The summed E-state index contributed by atoms with van der Waals surface area (Å²) in [6.07, 6.45) is -5.48. The predicted octanol–water partition coefficient (Wildman–Crippen LogP) is 3.77. The molecule has 2 atom stereocenters. The number of thioether (sulfide) groups is 1. The number of carbonyl (C=O) groups is 1. The molecule has 0 aliphatic rings. The Bertz CT molecular complexity index is 221. The minimum Gasteiger partial charge on any atom is -0.287 e. The highest BCUT2D eigenvalue weighted by atomic mass is 32.2. The molecule has 2 unspecified atom stereocenters. The van der Waals surface area contributed by atoms with Crippen molar-refractivity contribution in [2.24, 2.45) is 0 Å². The molecule has 0 spiro atoms. The maximum atomic E-state index is 13.1. The summed E-state index contributed by atoms with van der Waals surface area (Å²) in [6.45, 7) is 2.55. The van der Waals surface area contributed by atoms with Crippen molar-refractivity contribution in [3.63, 3.8) is 0 Å². The maximum absolute atomic E-state index is 13.1. The van der Waals surface area contributed by atoms with E-state index in [1.807, 2.05) is 0 Å². The minimum atomic E-state index is -3.25. The largest absolute Gasteiger partial charge is 0.287 e. The summed E-state index contributed by atoms with van der Waals surface area (Å²) in [7, 11) is 0. The normalized spacial score (nSPS) is 15.9. The Morgan fingerprint density at radius 3 is 2.38 bits per heavy atom. The zero-order chi connectivity index (χ0) is 12.8. The molecule has 0 aromatic carbocycles. The maximum Gasteiger partial charge on any atom is 0.251 e. The van der Waals surface area contributed by atoms with Crippen LogP contribution in [0.3, 0.4) is 0 Å². The molecular formula is C10H16F4OS. The van der Waals surface area contributed by atoms with E-state index < -0.39 is 31.1 Å². The fourth-order valence-electron chi connectivity index (χ4n) is 0.966. The van der Waals surface area contributed by atoms with E-state index in [9.17, 15) is 22.4 Å². The standard InChI is InChI=1S/C10H16F4OS/c1-3-9(15)16-5-4-10(13,14)6-8(12)7(2)11/h7-8H,3-6H2,1-2H3. The zero-order valence-electron chi connectivity index (χ0n) is 9.31. The predicted molar refractivity (Wildman–Crippen MR) is 57.4 cm³/mol. The van der Waals surface area contributed by atoms with Crippen molar-refractivity contribution in [3.8, 4) is 0 Å². The molecule has 0 rings (SSSR count). The molecule has 0 radical (unpaired) electrons. The average Bonchev–Trinajstić information content (AvgIpc) is 2.16. The second-order valence-corrected chi connectivity index (χ2v) is 4.73. The fourth-order valence-corrected chi connectivity index (χ4v) is 1.80. The molecule has 0 bridgehead atoms. The van der Waals surface area contributed by atoms with Gasteiger partial charge >= 0.3 is 0 Å². The molecule has 0 saturated heterocycles. The van der Waals surface area contributed by atoms with Gasteiger partial charge in [-0.2, -0.15) is 0 Å². The third-order valence-corrected chi connectivity index (χ3v) is 3.03. The topological polar surface area (TPSA) is 17.1 Å². The van der Waals surface area contributed by atoms with Crippen LogP contribution >= 0.6 is 11.8 Å². The molecule has 0 saturated carbocycles. The van der Waals surface area contributed by atoms with Crippen LogP contribution in [0.2, 0.25) is 0 Å². The number of alkyl halides is 4. The van der Waals surface area contributed by atoms with Crippen LogP contribution in [0.4, 0.5) is 17.6 Å². The van der Waals surface area contributed by atoms with Gasteiger partial charge in [-0.1, -0.05) is 18.7 Å². The van der Waals surface area contributed by atoms with Crippen molar-refractivity contribution in [1.82, 2.24) is 0 Å². The molecule has 0 fully saturated rings. The van der Waals surface area contributed by atoms with Gasteiger partial charge in [-0.05, 0) is 6.92 Å². The first kappa shape index (κ1) is 15.7. The summed E-state index contributed by atoms with van der Waals surface area (Å²) in [5.74, 6) is -3.31. The van der Waals surface area contributed by atoms with Gasteiger partial charge in [0.2, 0.25) is 0 Å². The molecule has 6 heteroatoms. The molecule has 16 heavy (non-hydrogen) atoms. The fraction of sp³-hybridized carbons (Fsp3) is 0.900. The first-order valence-electron chi connectivity index (χ1n) is 5.10. The summed E-state index contributed by atoms with van der Waals surface area (Å²) < 4.78 is 51.2. The second kappa shape index (κ2) is 7.14. The Hall–Kier alpha value is -0.260. The molecule has 96 valence electrons. The molecule has 0 N–H and O–H groups in total. The first-order valence-corrected chi connectivity index (χ1v) is 6.08. The Morgan fingerprint density at radius 2 is 1.94 bits per heavy atom. The highest BCUT2D eigenvalue weighted by Gasteiger charge is 2.34. The molecule has 0 aliphatic carbocycles. The lowest BCUT2D eigenvalue weighted by Gasteiger charge is -2.18.